The molecular formula is C22H20FN3O3. The Kier molecular flexibility index (Phi) is 4.66. The highest BCUT2D eigenvalue weighted by Gasteiger charge is 2.36. The third kappa shape index (κ3) is 3.29. The summed E-state index contributed by atoms with van der Waals surface area (Å²) in [5, 5.41) is 7.42. The van der Waals surface area contributed by atoms with Crippen molar-refractivity contribution in [3.05, 3.63) is 70.7 Å². The Morgan fingerprint density at radius 2 is 1.93 bits per heavy atom. The number of Topliss-reactive ketones (excluding diaryl/α,β-unsaturated/α-hetero) is 1. The van der Waals surface area contributed by atoms with Gasteiger partial charge < -0.3 is 10.1 Å². The van der Waals surface area contributed by atoms with E-state index in [9.17, 15) is 14.0 Å². The minimum absolute atomic E-state index is 0.00591. The van der Waals surface area contributed by atoms with Crippen molar-refractivity contribution in [1.29, 1.82) is 0 Å². The number of hydrogen-bond donors (Lipinski definition) is 1. The van der Waals surface area contributed by atoms with E-state index >= 15 is 0 Å². The van der Waals surface area contributed by atoms with E-state index < -0.39 is 11.7 Å². The smallest absolute Gasteiger partial charge is 0.226 e. The third-order valence-electron chi connectivity index (χ3n) is 5.13. The molecule has 0 fully saturated rings. The second kappa shape index (κ2) is 7.16. The number of aromatic nitrogens is 2. The third-order valence-corrected chi connectivity index (χ3v) is 5.13. The minimum Gasteiger partial charge on any atom is -0.494 e. The number of amides is 1. The Hall–Kier alpha value is -3.48. The average Bonchev–Trinajstić information content (AvgIpc) is 3.04. The number of nitrogens with one attached hydrogen (secondary N) is 1. The van der Waals surface area contributed by atoms with Gasteiger partial charge in [-0.05, 0) is 44.2 Å². The molecule has 6 nitrogen and oxygen atoms in total. The molecule has 1 aliphatic heterocycles. The van der Waals surface area contributed by atoms with Crippen LogP contribution in [0.15, 0.2) is 42.5 Å². The fraction of sp³-hybridized carbons (Fsp3) is 0.227. The molecule has 7 heteroatoms. The van der Waals surface area contributed by atoms with Crippen molar-refractivity contribution in [2.45, 2.75) is 26.2 Å². The van der Waals surface area contributed by atoms with Crippen molar-refractivity contribution >= 4 is 17.5 Å². The Morgan fingerprint density at radius 3 is 2.62 bits per heavy atom. The molecule has 0 saturated heterocycles. The van der Waals surface area contributed by atoms with Crippen LogP contribution in [0.1, 0.15) is 39.5 Å². The predicted molar refractivity (Wildman–Crippen MR) is 106 cm³/mol. The summed E-state index contributed by atoms with van der Waals surface area (Å²) in [5.74, 6) is -1.30. The molecule has 2 aromatic carbocycles. The van der Waals surface area contributed by atoms with Crippen molar-refractivity contribution in [3.8, 4) is 11.4 Å². The Balaban J connectivity index is 1.80. The number of methoxy groups -OCH3 is 1. The molecular weight excluding hydrogens is 373 g/mol. The molecule has 29 heavy (non-hydrogen) atoms. The van der Waals surface area contributed by atoms with Gasteiger partial charge >= 0.3 is 0 Å². The van der Waals surface area contributed by atoms with Gasteiger partial charge in [-0.3, -0.25) is 9.59 Å². The van der Waals surface area contributed by atoms with E-state index in [-0.39, 0.29) is 29.4 Å². The van der Waals surface area contributed by atoms with E-state index in [1.165, 1.54) is 25.3 Å². The maximum atomic E-state index is 13.7. The van der Waals surface area contributed by atoms with E-state index in [4.69, 9.17) is 4.74 Å². The monoisotopic (exact) mass is 393 g/mol. The lowest BCUT2D eigenvalue weighted by Gasteiger charge is -2.23. The maximum absolute atomic E-state index is 13.7. The molecule has 148 valence electrons. The number of aryl methyl sites for hydroxylation is 2. The molecule has 1 unspecified atom stereocenters. The number of carbonyl (C=O) groups is 2. The zero-order chi connectivity index (χ0) is 20.7. The van der Waals surface area contributed by atoms with E-state index in [0.29, 0.717) is 17.1 Å². The van der Waals surface area contributed by atoms with Crippen LogP contribution in [0.25, 0.3) is 5.69 Å². The first kappa shape index (κ1) is 18.9. The Bertz CT molecular complexity index is 1120. The van der Waals surface area contributed by atoms with Crippen LogP contribution in [0.5, 0.6) is 5.75 Å². The summed E-state index contributed by atoms with van der Waals surface area (Å²) in [6.07, 6.45) is 0.00591. The summed E-state index contributed by atoms with van der Waals surface area (Å²) in [6.45, 7) is 3.80. The highest BCUT2D eigenvalue weighted by Crippen LogP contribution is 2.38. The fourth-order valence-corrected chi connectivity index (χ4v) is 3.66. The number of fused-ring (bicyclic) bond motifs is 1. The molecule has 3 aromatic rings. The van der Waals surface area contributed by atoms with Crippen molar-refractivity contribution in [3.63, 3.8) is 0 Å². The summed E-state index contributed by atoms with van der Waals surface area (Å²) < 4.78 is 20.4. The SMILES string of the molecule is COc1cc(C(=O)C2CC(=O)Nc3c2c(C)nn3-c2ccc(C)cc2)ccc1F. The molecule has 1 aromatic heterocycles. The van der Waals surface area contributed by atoms with Crippen molar-refractivity contribution < 1.29 is 18.7 Å². The number of halogens is 1. The molecule has 0 saturated carbocycles. The van der Waals surface area contributed by atoms with Crippen LogP contribution in [-0.4, -0.2) is 28.6 Å². The molecule has 4 rings (SSSR count). The molecule has 2 heterocycles. The number of benzene rings is 2. The predicted octanol–water partition coefficient (Wildman–Crippen LogP) is 3.95. The molecule has 1 amide bonds. The molecule has 0 bridgehead atoms. The standard InChI is InChI=1S/C22H20FN3O3/c1-12-4-7-15(8-5-12)26-22-20(13(2)25-26)16(11-19(27)24-22)21(28)14-6-9-17(23)18(10-14)29-3/h4-10,16H,11H2,1-3H3,(H,24,27). The van der Waals surface area contributed by atoms with Gasteiger partial charge in [-0.15, -0.1) is 0 Å². The molecule has 1 atom stereocenters. The van der Waals surface area contributed by atoms with Gasteiger partial charge in [-0.2, -0.15) is 5.10 Å². The summed E-state index contributed by atoms with van der Waals surface area (Å²) in [6, 6.07) is 11.7. The van der Waals surface area contributed by atoms with E-state index in [1.54, 1.807) is 4.68 Å². The Morgan fingerprint density at radius 1 is 1.21 bits per heavy atom. The lowest BCUT2D eigenvalue weighted by molar-refractivity contribution is -0.116. The van der Waals surface area contributed by atoms with Gasteiger partial charge in [-0.1, -0.05) is 17.7 Å². The molecule has 1 N–H and O–H groups in total. The number of nitrogens with zero attached hydrogens (tertiary/aromatic N) is 2. The molecule has 0 radical (unpaired) electrons. The van der Waals surface area contributed by atoms with Crippen LogP contribution in [0, 0.1) is 19.7 Å². The summed E-state index contributed by atoms with van der Waals surface area (Å²) in [4.78, 5) is 25.6. The van der Waals surface area contributed by atoms with Gasteiger partial charge in [0.25, 0.3) is 0 Å². The van der Waals surface area contributed by atoms with Crippen LogP contribution in [0.3, 0.4) is 0 Å². The first-order chi connectivity index (χ1) is 13.9. The molecule has 0 aliphatic carbocycles. The van der Waals surface area contributed by atoms with Crippen molar-refractivity contribution in [1.82, 2.24) is 9.78 Å². The first-order valence-corrected chi connectivity index (χ1v) is 9.23. The quantitative estimate of drug-likeness (QED) is 0.682. The van der Waals surface area contributed by atoms with Crippen molar-refractivity contribution in [2.24, 2.45) is 0 Å². The van der Waals surface area contributed by atoms with Crippen LogP contribution in [-0.2, 0) is 4.79 Å². The topological polar surface area (TPSA) is 73.2 Å². The molecule has 1 aliphatic rings. The van der Waals surface area contributed by atoms with Gasteiger partial charge in [0.1, 0.15) is 5.82 Å². The second-order valence-electron chi connectivity index (χ2n) is 7.11. The highest BCUT2D eigenvalue weighted by molar-refractivity contribution is 6.08. The van der Waals surface area contributed by atoms with Gasteiger partial charge in [0, 0.05) is 17.5 Å². The lowest BCUT2D eigenvalue weighted by Crippen LogP contribution is -2.28. The number of hydrogen-bond acceptors (Lipinski definition) is 4. The maximum Gasteiger partial charge on any atom is 0.226 e. The van der Waals surface area contributed by atoms with E-state index in [2.05, 4.69) is 10.4 Å². The Labute approximate surface area is 167 Å². The van der Waals surface area contributed by atoms with E-state index in [0.717, 1.165) is 11.3 Å². The number of ether oxygens (including phenoxy) is 1. The second-order valence-corrected chi connectivity index (χ2v) is 7.11. The number of ketones is 1. The average molecular weight is 393 g/mol. The summed E-state index contributed by atoms with van der Waals surface area (Å²) in [7, 11) is 1.34. The summed E-state index contributed by atoms with van der Waals surface area (Å²) in [5.41, 5.74) is 3.52. The lowest BCUT2D eigenvalue weighted by atomic mass is 9.85. The first-order valence-electron chi connectivity index (χ1n) is 9.23. The van der Waals surface area contributed by atoms with Gasteiger partial charge in [0.2, 0.25) is 5.91 Å². The largest absolute Gasteiger partial charge is 0.494 e. The van der Waals surface area contributed by atoms with Crippen molar-refractivity contribution in [2.75, 3.05) is 12.4 Å². The molecule has 0 spiro atoms. The normalized spacial score (nSPS) is 15.6. The number of carbonyl (C=O) groups excluding carboxylic acids is 2. The van der Waals surface area contributed by atoms with Gasteiger partial charge in [0.05, 0.1) is 24.4 Å². The van der Waals surface area contributed by atoms with Crippen LogP contribution in [0.2, 0.25) is 0 Å². The summed E-state index contributed by atoms with van der Waals surface area (Å²) >= 11 is 0. The number of anilines is 1. The van der Waals surface area contributed by atoms with Gasteiger partial charge in [-0.25, -0.2) is 9.07 Å². The zero-order valence-corrected chi connectivity index (χ0v) is 16.3. The fourth-order valence-electron chi connectivity index (χ4n) is 3.66. The van der Waals surface area contributed by atoms with Gasteiger partial charge in [0.15, 0.2) is 17.3 Å². The van der Waals surface area contributed by atoms with Crippen LogP contribution in [0.4, 0.5) is 10.2 Å². The highest BCUT2D eigenvalue weighted by atomic mass is 19.1. The minimum atomic E-state index is -0.701. The van der Waals surface area contributed by atoms with Crippen LogP contribution < -0.4 is 10.1 Å². The zero-order valence-electron chi connectivity index (χ0n) is 16.3. The number of rotatable bonds is 4. The van der Waals surface area contributed by atoms with E-state index in [1.807, 2.05) is 38.1 Å². The van der Waals surface area contributed by atoms with Crippen LogP contribution >= 0.6 is 0 Å².